The number of carboxylic acid groups (broad SMARTS) is 1. The van der Waals surface area contributed by atoms with E-state index in [0.717, 1.165) is 6.07 Å². The smallest absolute Gasteiger partial charge is 0.335 e. The van der Waals surface area contributed by atoms with Gasteiger partial charge in [-0.15, -0.1) is 0 Å². The predicted octanol–water partition coefficient (Wildman–Crippen LogP) is 3.25. The highest BCUT2D eigenvalue weighted by Crippen LogP contribution is 2.17. The van der Waals surface area contributed by atoms with Crippen molar-refractivity contribution >= 4 is 5.97 Å². The van der Waals surface area contributed by atoms with Gasteiger partial charge in [0.05, 0.1) is 5.56 Å². The third-order valence-electron chi connectivity index (χ3n) is 2.64. The van der Waals surface area contributed by atoms with Crippen molar-refractivity contribution in [1.82, 2.24) is 0 Å². The first-order chi connectivity index (χ1) is 8.58. The molecule has 0 radical (unpaired) electrons. The summed E-state index contributed by atoms with van der Waals surface area (Å²) >= 11 is 0. The van der Waals surface area contributed by atoms with Crippen molar-refractivity contribution in [1.29, 1.82) is 0 Å². The van der Waals surface area contributed by atoms with E-state index >= 15 is 0 Å². The lowest BCUT2D eigenvalue weighted by Crippen LogP contribution is -2.00. The van der Waals surface area contributed by atoms with Crippen LogP contribution in [0.25, 0.3) is 0 Å². The Morgan fingerprint density at radius 1 is 1.00 bits per heavy atom. The van der Waals surface area contributed by atoms with E-state index in [4.69, 9.17) is 5.11 Å². The first-order valence-corrected chi connectivity index (χ1v) is 5.33. The topological polar surface area (TPSA) is 37.3 Å². The summed E-state index contributed by atoms with van der Waals surface area (Å²) in [6, 6.07) is 9.72. The Kier molecular flexibility index (Phi) is 3.37. The standard InChI is InChI=1S/C14H10F2O2/c15-12-4-2-1-3-9(12)7-10-5-6-11(14(17)18)8-13(10)16/h1-6,8H,7H2,(H,17,18). The highest BCUT2D eigenvalue weighted by atomic mass is 19.1. The Morgan fingerprint density at radius 2 is 1.67 bits per heavy atom. The van der Waals surface area contributed by atoms with E-state index in [9.17, 15) is 13.6 Å². The number of rotatable bonds is 3. The van der Waals surface area contributed by atoms with Crippen LogP contribution in [0.1, 0.15) is 21.5 Å². The minimum atomic E-state index is -1.19. The van der Waals surface area contributed by atoms with Crippen LogP contribution < -0.4 is 0 Å². The van der Waals surface area contributed by atoms with Crippen LogP contribution in [-0.2, 0) is 6.42 Å². The molecule has 2 aromatic carbocycles. The van der Waals surface area contributed by atoms with Gasteiger partial charge in [-0.1, -0.05) is 24.3 Å². The number of halogens is 2. The molecule has 92 valence electrons. The molecule has 0 aliphatic rings. The van der Waals surface area contributed by atoms with E-state index in [1.807, 2.05) is 0 Å². The van der Waals surface area contributed by atoms with Gasteiger partial charge in [-0.25, -0.2) is 13.6 Å². The summed E-state index contributed by atoms with van der Waals surface area (Å²) in [7, 11) is 0. The number of carboxylic acids is 1. The molecule has 0 aliphatic heterocycles. The second-order valence-electron chi connectivity index (χ2n) is 3.88. The van der Waals surface area contributed by atoms with Gasteiger partial charge in [-0.05, 0) is 29.3 Å². The van der Waals surface area contributed by atoms with Crippen molar-refractivity contribution in [3.63, 3.8) is 0 Å². The van der Waals surface area contributed by atoms with Crippen LogP contribution in [0.4, 0.5) is 8.78 Å². The molecule has 2 nitrogen and oxygen atoms in total. The van der Waals surface area contributed by atoms with E-state index in [2.05, 4.69) is 0 Å². The lowest BCUT2D eigenvalue weighted by Gasteiger charge is -2.05. The highest BCUT2D eigenvalue weighted by molar-refractivity contribution is 5.87. The molecular weight excluding hydrogens is 238 g/mol. The van der Waals surface area contributed by atoms with E-state index in [1.54, 1.807) is 18.2 Å². The van der Waals surface area contributed by atoms with E-state index < -0.39 is 17.6 Å². The fraction of sp³-hybridized carbons (Fsp3) is 0.0714. The molecule has 0 atom stereocenters. The summed E-state index contributed by atoms with van der Waals surface area (Å²) in [6.07, 6.45) is 0.0956. The Morgan fingerprint density at radius 3 is 2.28 bits per heavy atom. The first-order valence-electron chi connectivity index (χ1n) is 5.33. The van der Waals surface area contributed by atoms with Crippen LogP contribution in [0.3, 0.4) is 0 Å². The predicted molar refractivity (Wildman–Crippen MR) is 62.6 cm³/mol. The molecule has 0 saturated carbocycles. The van der Waals surface area contributed by atoms with Gasteiger partial charge in [-0.3, -0.25) is 0 Å². The molecule has 18 heavy (non-hydrogen) atoms. The zero-order chi connectivity index (χ0) is 13.1. The molecular formula is C14H10F2O2. The van der Waals surface area contributed by atoms with Crippen molar-refractivity contribution in [2.45, 2.75) is 6.42 Å². The molecule has 0 heterocycles. The maximum absolute atomic E-state index is 13.6. The maximum Gasteiger partial charge on any atom is 0.335 e. The molecule has 1 N–H and O–H groups in total. The third-order valence-corrected chi connectivity index (χ3v) is 2.64. The van der Waals surface area contributed by atoms with Gasteiger partial charge in [0.15, 0.2) is 0 Å². The van der Waals surface area contributed by atoms with Gasteiger partial charge in [0, 0.05) is 6.42 Å². The number of carbonyl (C=O) groups is 1. The van der Waals surface area contributed by atoms with E-state index in [0.29, 0.717) is 5.56 Å². The zero-order valence-corrected chi connectivity index (χ0v) is 9.36. The van der Waals surface area contributed by atoms with E-state index in [-0.39, 0.29) is 17.5 Å². The van der Waals surface area contributed by atoms with Gasteiger partial charge in [0.2, 0.25) is 0 Å². The number of hydrogen-bond donors (Lipinski definition) is 1. The van der Waals surface area contributed by atoms with Crippen molar-refractivity contribution < 1.29 is 18.7 Å². The molecule has 0 fully saturated rings. The summed E-state index contributed by atoms with van der Waals surface area (Å²) in [4.78, 5) is 10.7. The Balaban J connectivity index is 2.30. The minimum absolute atomic E-state index is 0.0956. The van der Waals surface area contributed by atoms with Crippen molar-refractivity contribution in [2.24, 2.45) is 0 Å². The zero-order valence-electron chi connectivity index (χ0n) is 9.36. The lowest BCUT2D eigenvalue weighted by molar-refractivity contribution is 0.0696. The van der Waals surface area contributed by atoms with Crippen LogP contribution in [0.5, 0.6) is 0 Å². The normalized spacial score (nSPS) is 10.3. The van der Waals surface area contributed by atoms with Gasteiger partial charge in [0.1, 0.15) is 11.6 Å². The maximum atomic E-state index is 13.6. The van der Waals surface area contributed by atoms with Crippen LogP contribution in [0.2, 0.25) is 0 Å². The van der Waals surface area contributed by atoms with E-state index in [1.165, 1.54) is 18.2 Å². The fourth-order valence-electron chi connectivity index (χ4n) is 1.67. The molecule has 2 rings (SSSR count). The molecule has 0 amide bonds. The monoisotopic (exact) mass is 248 g/mol. The lowest BCUT2D eigenvalue weighted by atomic mass is 10.0. The summed E-state index contributed by atoms with van der Waals surface area (Å²) in [5.74, 6) is -2.23. The average molecular weight is 248 g/mol. The van der Waals surface area contributed by atoms with Crippen LogP contribution >= 0.6 is 0 Å². The summed E-state index contributed by atoms with van der Waals surface area (Å²) in [5, 5.41) is 8.71. The quantitative estimate of drug-likeness (QED) is 0.905. The fourth-order valence-corrected chi connectivity index (χ4v) is 1.67. The molecule has 0 saturated heterocycles. The molecule has 2 aromatic rings. The Labute approximate surface area is 103 Å². The third kappa shape index (κ3) is 2.53. The summed E-state index contributed by atoms with van der Waals surface area (Å²) in [5.41, 5.74) is 0.523. The summed E-state index contributed by atoms with van der Waals surface area (Å²) in [6.45, 7) is 0. The number of benzene rings is 2. The van der Waals surface area contributed by atoms with Gasteiger partial charge in [-0.2, -0.15) is 0 Å². The van der Waals surface area contributed by atoms with Crippen molar-refractivity contribution in [3.8, 4) is 0 Å². The Hall–Kier alpha value is -2.23. The highest BCUT2D eigenvalue weighted by Gasteiger charge is 2.10. The number of aromatic carboxylic acids is 1. The van der Waals surface area contributed by atoms with Gasteiger partial charge < -0.3 is 5.11 Å². The number of hydrogen-bond acceptors (Lipinski definition) is 1. The summed E-state index contributed by atoms with van der Waals surface area (Å²) < 4.78 is 27.0. The largest absolute Gasteiger partial charge is 0.478 e. The SMILES string of the molecule is O=C(O)c1ccc(Cc2ccccc2F)c(F)c1. The molecule has 0 unspecified atom stereocenters. The van der Waals surface area contributed by atoms with Gasteiger partial charge >= 0.3 is 5.97 Å². The average Bonchev–Trinajstić information content (AvgIpc) is 2.34. The van der Waals surface area contributed by atoms with Crippen LogP contribution in [0, 0.1) is 11.6 Å². The molecule has 0 bridgehead atoms. The van der Waals surface area contributed by atoms with Crippen LogP contribution in [0.15, 0.2) is 42.5 Å². The van der Waals surface area contributed by atoms with Gasteiger partial charge in [0.25, 0.3) is 0 Å². The molecule has 0 aliphatic carbocycles. The minimum Gasteiger partial charge on any atom is -0.478 e. The molecule has 0 spiro atoms. The van der Waals surface area contributed by atoms with Crippen molar-refractivity contribution in [2.75, 3.05) is 0 Å². The van der Waals surface area contributed by atoms with Crippen molar-refractivity contribution in [3.05, 3.63) is 70.8 Å². The Bertz CT molecular complexity index is 594. The van der Waals surface area contributed by atoms with Crippen LogP contribution in [-0.4, -0.2) is 11.1 Å². The second kappa shape index (κ2) is 4.96. The molecule has 0 aromatic heterocycles. The molecule has 4 heteroatoms. The first kappa shape index (κ1) is 12.2. The second-order valence-corrected chi connectivity index (χ2v) is 3.88.